The molecule has 2 atom stereocenters. The Balaban J connectivity index is 2.44. The highest BCUT2D eigenvalue weighted by molar-refractivity contribution is 5.95. The number of carbonyl (C=O) groups is 2. The predicted octanol–water partition coefficient (Wildman–Crippen LogP) is 2.31. The Kier molecular flexibility index (Phi) is 4.62. The van der Waals surface area contributed by atoms with Gasteiger partial charge in [0.25, 0.3) is 0 Å². The van der Waals surface area contributed by atoms with E-state index in [4.69, 9.17) is 4.74 Å². The van der Waals surface area contributed by atoms with E-state index in [0.29, 0.717) is 17.9 Å². The molecule has 0 radical (unpaired) electrons. The van der Waals surface area contributed by atoms with Gasteiger partial charge in [0.2, 0.25) is 0 Å². The van der Waals surface area contributed by atoms with Gasteiger partial charge in [-0.25, -0.2) is 9.59 Å². The highest BCUT2D eigenvalue weighted by Gasteiger charge is 2.32. The van der Waals surface area contributed by atoms with Crippen LogP contribution in [0.15, 0.2) is 41.6 Å². The van der Waals surface area contributed by atoms with Crippen LogP contribution in [0.3, 0.4) is 0 Å². The zero-order chi connectivity index (χ0) is 15.4. The molecular weight excluding hydrogens is 268 g/mol. The van der Waals surface area contributed by atoms with E-state index in [2.05, 4.69) is 10.6 Å². The molecule has 1 aliphatic rings. The van der Waals surface area contributed by atoms with Crippen LogP contribution in [0, 0.1) is 0 Å². The first-order valence-electron chi connectivity index (χ1n) is 7.08. The molecule has 0 saturated heterocycles. The van der Waals surface area contributed by atoms with Crippen molar-refractivity contribution >= 4 is 12.0 Å². The van der Waals surface area contributed by atoms with Crippen molar-refractivity contribution in [2.45, 2.75) is 32.7 Å². The average Bonchev–Trinajstić information content (AvgIpc) is 2.46. The van der Waals surface area contributed by atoms with E-state index in [1.54, 1.807) is 13.8 Å². The molecule has 2 amide bonds. The lowest BCUT2D eigenvalue weighted by molar-refractivity contribution is -0.139. The summed E-state index contributed by atoms with van der Waals surface area (Å²) in [5.74, 6) is -0.491. The molecule has 112 valence electrons. The number of hydrogen-bond acceptors (Lipinski definition) is 3. The largest absolute Gasteiger partial charge is 0.463 e. The number of ether oxygens (including phenoxy) is 1. The van der Waals surface area contributed by atoms with Crippen LogP contribution < -0.4 is 10.6 Å². The molecular formula is C16H20N2O3. The molecule has 2 rings (SSSR count). The van der Waals surface area contributed by atoms with Crippen molar-refractivity contribution in [3.05, 3.63) is 47.2 Å². The fourth-order valence-corrected chi connectivity index (χ4v) is 2.47. The molecule has 0 fully saturated rings. The highest BCUT2D eigenvalue weighted by Crippen LogP contribution is 2.28. The SMILES string of the molecule is CCOC(=O)C1=C([C@@H](C)c2ccccc2)NC(=O)N[C@@H]1C. The van der Waals surface area contributed by atoms with Crippen LogP contribution >= 0.6 is 0 Å². The fraction of sp³-hybridized carbons (Fsp3) is 0.375. The summed E-state index contributed by atoms with van der Waals surface area (Å²) in [4.78, 5) is 23.9. The van der Waals surface area contributed by atoms with Crippen molar-refractivity contribution in [2.24, 2.45) is 0 Å². The second kappa shape index (κ2) is 6.43. The zero-order valence-electron chi connectivity index (χ0n) is 12.5. The molecule has 0 spiro atoms. The minimum atomic E-state index is -0.393. The molecule has 5 nitrogen and oxygen atoms in total. The first-order chi connectivity index (χ1) is 10.0. The second-order valence-corrected chi connectivity index (χ2v) is 5.00. The standard InChI is InChI=1S/C16H20N2O3/c1-4-21-15(19)13-11(3)17-16(20)18-14(13)10(2)12-8-6-5-7-9-12/h5-11H,4H2,1-3H3,(H2,17,18,20)/t10-,11+/m0/s1. The van der Waals surface area contributed by atoms with Crippen molar-refractivity contribution in [3.63, 3.8) is 0 Å². The van der Waals surface area contributed by atoms with Gasteiger partial charge in [-0.3, -0.25) is 0 Å². The van der Waals surface area contributed by atoms with Crippen molar-refractivity contribution in [3.8, 4) is 0 Å². The molecule has 0 saturated carbocycles. The van der Waals surface area contributed by atoms with E-state index in [-0.39, 0.29) is 18.0 Å². The fourth-order valence-electron chi connectivity index (χ4n) is 2.47. The quantitative estimate of drug-likeness (QED) is 0.835. The smallest absolute Gasteiger partial charge is 0.337 e. The van der Waals surface area contributed by atoms with E-state index in [1.165, 1.54) is 0 Å². The van der Waals surface area contributed by atoms with Crippen LogP contribution in [0.5, 0.6) is 0 Å². The van der Waals surface area contributed by atoms with Crippen LogP contribution in [-0.4, -0.2) is 24.6 Å². The van der Waals surface area contributed by atoms with Crippen LogP contribution in [0.1, 0.15) is 32.3 Å². The van der Waals surface area contributed by atoms with Crippen molar-refractivity contribution < 1.29 is 14.3 Å². The molecule has 0 bridgehead atoms. The number of allylic oxidation sites excluding steroid dienone is 1. The Labute approximate surface area is 124 Å². The van der Waals surface area contributed by atoms with E-state index in [1.807, 2.05) is 37.3 Å². The lowest BCUT2D eigenvalue weighted by Gasteiger charge is -2.29. The van der Waals surface area contributed by atoms with Gasteiger partial charge in [0.1, 0.15) is 0 Å². The Morgan fingerprint density at radius 1 is 1.33 bits per heavy atom. The van der Waals surface area contributed by atoms with Crippen LogP contribution in [0.4, 0.5) is 4.79 Å². The molecule has 1 aliphatic heterocycles. The van der Waals surface area contributed by atoms with Crippen molar-refractivity contribution in [1.82, 2.24) is 10.6 Å². The Bertz CT molecular complexity index is 566. The zero-order valence-corrected chi connectivity index (χ0v) is 12.5. The molecule has 1 heterocycles. The summed E-state index contributed by atoms with van der Waals surface area (Å²) in [5, 5.41) is 5.46. The number of carbonyl (C=O) groups excluding carboxylic acids is 2. The molecule has 1 aromatic rings. The van der Waals surface area contributed by atoms with Gasteiger partial charge in [-0.2, -0.15) is 0 Å². The Morgan fingerprint density at radius 3 is 2.62 bits per heavy atom. The van der Waals surface area contributed by atoms with Gasteiger partial charge in [0, 0.05) is 11.6 Å². The summed E-state index contributed by atoms with van der Waals surface area (Å²) < 4.78 is 5.12. The van der Waals surface area contributed by atoms with E-state index in [9.17, 15) is 9.59 Å². The summed E-state index contributed by atoms with van der Waals surface area (Å²) in [6.45, 7) is 5.80. The molecule has 21 heavy (non-hydrogen) atoms. The summed E-state index contributed by atoms with van der Waals surface area (Å²) in [5.41, 5.74) is 2.12. The molecule has 0 unspecified atom stereocenters. The first kappa shape index (κ1) is 15.1. The summed E-state index contributed by atoms with van der Waals surface area (Å²) in [7, 11) is 0. The van der Waals surface area contributed by atoms with Gasteiger partial charge in [0.15, 0.2) is 0 Å². The van der Waals surface area contributed by atoms with Crippen molar-refractivity contribution in [1.29, 1.82) is 0 Å². The maximum Gasteiger partial charge on any atom is 0.337 e. The first-order valence-corrected chi connectivity index (χ1v) is 7.08. The Morgan fingerprint density at radius 2 is 2.00 bits per heavy atom. The van der Waals surface area contributed by atoms with E-state index < -0.39 is 5.97 Å². The van der Waals surface area contributed by atoms with Crippen LogP contribution in [-0.2, 0) is 9.53 Å². The summed E-state index contributed by atoms with van der Waals surface area (Å²) in [6, 6.07) is 9.07. The Hall–Kier alpha value is -2.30. The summed E-state index contributed by atoms with van der Waals surface area (Å²) in [6.07, 6.45) is 0. The highest BCUT2D eigenvalue weighted by atomic mass is 16.5. The third-order valence-corrected chi connectivity index (χ3v) is 3.55. The maximum atomic E-state index is 12.2. The normalized spacial score (nSPS) is 19.6. The number of esters is 1. The number of urea groups is 1. The van der Waals surface area contributed by atoms with Gasteiger partial charge in [-0.1, -0.05) is 37.3 Å². The van der Waals surface area contributed by atoms with Gasteiger partial charge in [-0.05, 0) is 19.4 Å². The second-order valence-electron chi connectivity index (χ2n) is 5.00. The molecule has 5 heteroatoms. The van der Waals surface area contributed by atoms with Gasteiger partial charge in [0.05, 0.1) is 18.2 Å². The van der Waals surface area contributed by atoms with Gasteiger partial charge < -0.3 is 15.4 Å². The van der Waals surface area contributed by atoms with Gasteiger partial charge in [-0.15, -0.1) is 0 Å². The van der Waals surface area contributed by atoms with Crippen LogP contribution in [0.2, 0.25) is 0 Å². The van der Waals surface area contributed by atoms with E-state index >= 15 is 0 Å². The minimum Gasteiger partial charge on any atom is -0.463 e. The molecule has 0 aliphatic carbocycles. The number of benzene rings is 1. The summed E-state index contributed by atoms with van der Waals surface area (Å²) >= 11 is 0. The van der Waals surface area contributed by atoms with Crippen LogP contribution in [0.25, 0.3) is 0 Å². The number of amides is 2. The third kappa shape index (κ3) is 3.24. The number of hydrogen-bond donors (Lipinski definition) is 2. The topological polar surface area (TPSA) is 67.4 Å². The molecule has 0 aromatic heterocycles. The molecule has 2 N–H and O–H groups in total. The van der Waals surface area contributed by atoms with E-state index in [0.717, 1.165) is 5.56 Å². The monoisotopic (exact) mass is 288 g/mol. The lowest BCUT2D eigenvalue weighted by atomic mass is 9.91. The van der Waals surface area contributed by atoms with Crippen molar-refractivity contribution in [2.75, 3.05) is 6.61 Å². The average molecular weight is 288 g/mol. The third-order valence-electron chi connectivity index (χ3n) is 3.55. The predicted molar refractivity (Wildman–Crippen MR) is 79.6 cm³/mol. The maximum absolute atomic E-state index is 12.2. The lowest BCUT2D eigenvalue weighted by Crippen LogP contribution is -2.50. The number of rotatable bonds is 4. The molecule has 1 aromatic carbocycles. The van der Waals surface area contributed by atoms with Gasteiger partial charge >= 0.3 is 12.0 Å². The number of nitrogens with one attached hydrogen (secondary N) is 2. The minimum absolute atomic E-state index is 0.0980.